The summed E-state index contributed by atoms with van der Waals surface area (Å²) < 4.78 is 2.24. The van der Waals surface area contributed by atoms with Crippen LogP contribution in [0.5, 0.6) is 0 Å². The zero-order chi connectivity index (χ0) is 11.1. The molecule has 2 aromatic rings. The van der Waals surface area contributed by atoms with Gasteiger partial charge in [0.2, 0.25) is 0 Å². The second-order valence-electron chi connectivity index (χ2n) is 4.20. The molecule has 0 N–H and O–H groups in total. The molecule has 0 radical (unpaired) electrons. The summed E-state index contributed by atoms with van der Waals surface area (Å²) in [7, 11) is 2.13. The van der Waals surface area contributed by atoms with E-state index >= 15 is 0 Å². The van der Waals surface area contributed by atoms with Crippen LogP contribution in [-0.4, -0.2) is 33.3 Å². The summed E-state index contributed by atoms with van der Waals surface area (Å²) in [5.41, 5.74) is 1.18. The SMILES string of the molecule is CC1c2nnc(-c3ccsc3)n2CCN1C. The van der Waals surface area contributed by atoms with E-state index < -0.39 is 0 Å². The molecule has 4 nitrogen and oxygen atoms in total. The summed E-state index contributed by atoms with van der Waals surface area (Å²) >= 11 is 1.70. The monoisotopic (exact) mass is 234 g/mol. The van der Waals surface area contributed by atoms with Crippen molar-refractivity contribution in [3.8, 4) is 11.4 Å². The lowest BCUT2D eigenvalue weighted by Gasteiger charge is -2.30. The molecular weight excluding hydrogens is 220 g/mol. The van der Waals surface area contributed by atoms with Gasteiger partial charge in [-0.25, -0.2) is 0 Å². The van der Waals surface area contributed by atoms with E-state index in [1.165, 1.54) is 5.56 Å². The lowest BCUT2D eigenvalue weighted by atomic mass is 10.2. The number of likely N-dealkylation sites (N-methyl/N-ethyl adjacent to an activating group) is 1. The normalized spacial score (nSPS) is 21.0. The minimum absolute atomic E-state index is 0.355. The van der Waals surface area contributed by atoms with Gasteiger partial charge in [0.1, 0.15) is 5.82 Å². The zero-order valence-electron chi connectivity index (χ0n) is 9.42. The maximum Gasteiger partial charge on any atom is 0.164 e. The first-order valence-electron chi connectivity index (χ1n) is 5.43. The fourth-order valence-corrected chi connectivity index (χ4v) is 2.73. The van der Waals surface area contributed by atoms with Crippen LogP contribution in [0, 0.1) is 0 Å². The largest absolute Gasteiger partial charge is 0.308 e. The van der Waals surface area contributed by atoms with Crippen molar-refractivity contribution < 1.29 is 0 Å². The van der Waals surface area contributed by atoms with Gasteiger partial charge in [-0.05, 0) is 25.4 Å². The van der Waals surface area contributed by atoms with Gasteiger partial charge >= 0.3 is 0 Å². The Morgan fingerprint density at radius 3 is 3.00 bits per heavy atom. The van der Waals surface area contributed by atoms with Gasteiger partial charge in [-0.1, -0.05) is 0 Å². The summed E-state index contributed by atoms with van der Waals surface area (Å²) in [5, 5.41) is 12.8. The van der Waals surface area contributed by atoms with Gasteiger partial charge in [0.15, 0.2) is 5.82 Å². The number of rotatable bonds is 1. The van der Waals surface area contributed by atoms with E-state index in [1.54, 1.807) is 11.3 Å². The highest BCUT2D eigenvalue weighted by Crippen LogP contribution is 2.27. The quantitative estimate of drug-likeness (QED) is 0.757. The molecule has 84 valence electrons. The topological polar surface area (TPSA) is 34.0 Å². The number of thiophene rings is 1. The van der Waals surface area contributed by atoms with Crippen LogP contribution in [0.25, 0.3) is 11.4 Å². The van der Waals surface area contributed by atoms with E-state index in [2.05, 4.69) is 50.5 Å². The minimum atomic E-state index is 0.355. The second kappa shape index (κ2) is 3.68. The number of hydrogen-bond donors (Lipinski definition) is 0. The van der Waals surface area contributed by atoms with Crippen molar-refractivity contribution in [3.63, 3.8) is 0 Å². The average molecular weight is 234 g/mol. The molecule has 0 aromatic carbocycles. The Bertz CT molecular complexity index is 488. The first-order valence-corrected chi connectivity index (χ1v) is 6.37. The Morgan fingerprint density at radius 1 is 1.38 bits per heavy atom. The molecule has 2 aromatic heterocycles. The standard InChI is InChI=1S/C11H14N4S/c1-8-10-12-13-11(9-3-6-16-7-9)15(10)5-4-14(8)2/h3,6-8H,4-5H2,1-2H3. The molecule has 0 fully saturated rings. The molecule has 16 heavy (non-hydrogen) atoms. The van der Waals surface area contributed by atoms with Crippen molar-refractivity contribution in [3.05, 3.63) is 22.7 Å². The van der Waals surface area contributed by atoms with Crippen molar-refractivity contribution in [2.45, 2.75) is 19.5 Å². The highest BCUT2D eigenvalue weighted by molar-refractivity contribution is 7.08. The van der Waals surface area contributed by atoms with Crippen LogP contribution in [0.2, 0.25) is 0 Å². The van der Waals surface area contributed by atoms with Crippen LogP contribution in [0.4, 0.5) is 0 Å². The van der Waals surface area contributed by atoms with E-state index in [4.69, 9.17) is 0 Å². The lowest BCUT2D eigenvalue weighted by Crippen LogP contribution is -2.34. The first kappa shape index (κ1) is 9.99. The predicted molar refractivity (Wildman–Crippen MR) is 64.4 cm³/mol. The molecular formula is C11H14N4S. The molecule has 0 saturated carbocycles. The molecule has 0 saturated heterocycles. The van der Waals surface area contributed by atoms with Gasteiger partial charge in [0.25, 0.3) is 0 Å². The van der Waals surface area contributed by atoms with E-state index in [0.29, 0.717) is 6.04 Å². The van der Waals surface area contributed by atoms with Crippen LogP contribution in [-0.2, 0) is 6.54 Å². The summed E-state index contributed by atoms with van der Waals surface area (Å²) in [6.07, 6.45) is 0. The molecule has 3 rings (SSSR count). The minimum Gasteiger partial charge on any atom is -0.308 e. The third-order valence-electron chi connectivity index (χ3n) is 3.27. The zero-order valence-corrected chi connectivity index (χ0v) is 10.2. The molecule has 1 unspecified atom stereocenters. The Hall–Kier alpha value is -1.20. The summed E-state index contributed by atoms with van der Waals surface area (Å²) in [6.45, 7) is 4.22. The fraction of sp³-hybridized carbons (Fsp3) is 0.455. The molecule has 0 bridgehead atoms. The van der Waals surface area contributed by atoms with Gasteiger partial charge in [0, 0.05) is 24.0 Å². The Morgan fingerprint density at radius 2 is 2.25 bits per heavy atom. The van der Waals surface area contributed by atoms with Crippen LogP contribution < -0.4 is 0 Å². The summed E-state index contributed by atoms with van der Waals surface area (Å²) in [5.74, 6) is 2.09. The average Bonchev–Trinajstić information content (AvgIpc) is 2.91. The van der Waals surface area contributed by atoms with Crippen molar-refractivity contribution >= 4 is 11.3 Å². The highest BCUT2D eigenvalue weighted by atomic mass is 32.1. The first-order chi connectivity index (χ1) is 7.77. The maximum atomic E-state index is 4.32. The van der Waals surface area contributed by atoms with Gasteiger partial charge in [-0.3, -0.25) is 4.90 Å². The highest BCUT2D eigenvalue weighted by Gasteiger charge is 2.25. The smallest absolute Gasteiger partial charge is 0.164 e. The molecule has 0 spiro atoms. The van der Waals surface area contributed by atoms with E-state index in [0.717, 1.165) is 24.7 Å². The van der Waals surface area contributed by atoms with Gasteiger partial charge in [0.05, 0.1) is 6.04 Å². The number of aromatic nitrogens is 3. The Balaban J connectivity index is 2.08. The van der Waals surface area contributed by atoms with Gasteiger partial charge < -0.3 is 4.57 Å². The summed E-state index contributed by atoms with van der Waals surface area (Å²) in [6, 6.07) is 2.46. The number of hydrogen-bond acceptors (Lipinski definition) is 4. The van der Waals surface area contributed by atoms with Crippen LogP contribution in [0.1, 0.15) is 18.8 Å². The molecule has 1 aliphatic rings. The molecule has 0 aliphatic carbocycles. The third kappa shape index (κ3) is 1.39. The Kier molecular flexibility index (Phi) is 2.29. The van der Waals surface area contributed by atoms with Crippen LogP contribution >= 0.6 is 11.3 Å². The number of fused-ring (bicyclic) bond motifs is 1. The molecule has 1 atom stereocenters. The molecule has 5 heteroatoms. The molecule has 3 heterocycles. The van der Waals surface area contributed by atoms with E-state index in [1.807, 2.05) is 0 Å². The Labute approximate surface area is 98.5 Å². The van der Waals surface area contributed by atoms with E-state index in [-0.39, 0.29) is 0 Å². The van der Waals surface area contributed by atoms with Crippen LogP contribution in [0.3, 0.4) is 0 Å². The fourth-order valence-electron chi connectivity index (χ4n) is 2.10. The van der Waals surface area contributed by atoms with Gasteiger partial charge in [-0.2, -0.15) is 11.3 Å². The third-order valence-corrected chi connectivity index (χ3v) is 3.95. The van der Waals surface area contributed by atoms with E-state index in [9.17, 15) is 0 Å². The lowest BCUT2D eigenvalue weighted by molar-refractivity contribution is 0.206. The van der Waals surface area contributed by atoms with Gasteiger partial charge in [-0.15, -0.1) is 10.2 Å². The van der Waals surface area contributed by atoms with Crippen molar-refractivity contribution in [2.75, 3.05) is 13.6 Å². The maximum absolute atomic E-state index is 4.32. The van der Waals surface area contributed by atoms with Crippen molar-refractivity contribution in [1.29, 1.82) is 0 Å². The molecule has 0 amide bonds. The number of nitrogens with zero attached hydrogens (tertiary/aromatic N) is 4. The summed E-state index contributed by atoms with van der Waals surface area (Å²) in [4.78, 5) is 2.31. The van der Waals surface area contributed by atoms with Crippen LogP contribution in [0.15, 0.2) is 16.8 Å². The predicted octanol–water partition coefficient (Wildman–Crippen LogP) is 2.01. The second-order valence-corrected chi connectivity index (χ2v) is 4.98. The van der Waals surface area contributed by atoms with Crippen molar-refractivity contribution in [1.82, 2.24) is 19.7 Å². The molecule has 1 aliphatic heterocycles. The van der Waals surface area contributed by atoms with Crippen molar-refractivity contribution in [2.24, 2.45) is 0 Å².